The van der Waals surface area contributed by atoms with Gasteiger partial charge < -0.3 is 4.90 Å². The van der Waals surface area contributed by atoms with E-state index < -0.39 is 5.41 Å². The van der Waals surface area contributed by atoms with Crippen LogP contribution in [-0.2, 0) is 10.8 Å². The van der Waals surface area contributed by atoms with Gasteiger partial charge in [-0.3, -0.25) is 0 Å². The Labute approximate surface area is 357 Å². The number of rotatable bonds is 6. The minimum atomic E-state index is -0.516. The molecule has 12 rings (SSSR count). The molecule has 0 bridgehead atoms. The number of anilines is 3. The molecule has 2 aliphatic carbocycles. The first-order valence-corrected chi connectivity index (χ1v) is 21.4. The predicted octanol–water partition coefficient (Wildman–Crippen LogP) is 15.8. The molecular formula is C60H43N. The van der Waals surface area contributed by atoms with Crippen molar-refractivity contribution in [2.24, 2.45) is 0 Å². The van der Waals surface area contributed by atoms with E-state index in [1.807, 2.05) is 0 Å². The first-order chi connectivity index (χ1) is 30.0. The first kappa shape index (κ1) is 35.5. The van der Waals surface area contributed by atoms with Gasteiger partial charge in [0.15, 0.2) is 0 Å². The van der Waals surface area contributed by atoms with Gasteiger partial charge in [0.1, 0.15) is 0 Å². The minimum absolute atomic E-state index is 0.149. The van der Waals surface area contributed by atoms with Gasteiger partial charge in [-0.15, -0.1) is 0 Å². The number of benzene rings is 10. The number of para-hydroxylation sites is 1. The molecule has 288 valence electrons. The zero-order chi connectivity index (χ0) is 40.7. The fourth-order valence-electron chi connectivity index (χ4n) is 10.9. The van der Waals surface area contributed by atoms with Crippen LogP contribution in [0.15, 0.2) is 224 Å². The molecule has 0 N–H and O–H groups in total. The van der Waals surface area contributed by atoms with E-state index in [2.05, 4.69) is 243 Å². The predicted molar refractivity (Wildman–Crippen MR) is 256 cm³/mol. The maximum atomic E-state index is 2.52. The van der Waals surface area contributed by atoms with Crippen LogP contribution in [0.5, 0.6) is 0 Å². The minimum Gasteiger partial charge on any atom is -0.310 e. The third-order valence-corrected chi connectivity index (χ3v) is 13.7. The number of fused-ring (bicyclic) bond motifs is 9. The van der Waals surface area contributed by atoms with Crippen LogP contribution in [0, 0.1) is 0 Å². The lowest BCUT2D eigenvalue weighted by atomic mass is 9.67. The van der Waals surface area contributed by atoms with Gasteiger partial charge in [0.2, 0.25) is 0 Å². The second kappa shape index (κ2) is 13.5. The summed E-state index contributed by atoms with van der Waals surface area (Å²) in [4.78, 5) is 2.52. The molecule has 0 unspecified atom stereocenters. The second-order valence-corrected chi connectivity index (χ2v) is 17.2. The van der Waals surface area contributed by atoms with Crippen LogP contribution < -0.4 is 4.90 Å². The normalized spacial score (nSPS) is 14.0. The van der Waals surface area contributed by atoms with E-state index in [1.54, 1.807) is 0 Å². The van der Waals surface area contributed by atoms with Crippen molar-refractivity contribution < 1.29 is 0 Å². The van der Waals surface area contributed by atoms with Crippen molar-refractivity contribution in [2.45, 2.75) is 24.7 Å². The van der Waals surface area contributed by atoms with Gasteiger partial charge >= 0.3 is 0 Å². The quantitative estimate of drug-likeness (QED) is 0.152. The van der Waals surface area contributed by atoms with Crippen LogP contribution >= 0.6 is 0 Å². The van der Waals surface area contributed by atoms with Gasteiger partial charge in [-0.25, -0.2) is 0 Å². The molecule has 0 atom stereocenters. The zero-order valence-corrected chi connectivity index (χ0v) is 34.3. The van der Waals surface area contributed by atoms with Crippen molar-refractivity contribution in [3.05, 3.63) is 258 Å². The molecule has 1 heteroatoms. The van der Waals surface area contributed by atoms with E-state index in [9.17, 15) is 0 Å². The molecule has 0 aliphatic heterocycles. The van der Waals surface area contributed by atoms with Crippen molar-refractivity contribution in [3.8, 4) is 33.4 Å². The Morgan fingerprint density at radius 2 is 0.836 bits per heavy atom. The van der Waals surface area contributed by atoms with Gasteiger partial charge in [0, 0.05) is 22.4 Å². The lowest BCUT2D eigenvalue weighted by molar-refractivity contribution is 0.660. The highest BCUT2D eigenvalue weighted by molar-refractivity contribution is 6.09. The van der Waals surface area contributed by atoms with Gasteiger partial charge in [-0.2, -0.15) is 0 Å². The molecule has 10 aromatic carbocycles. The molecule has 0 fully saturated rings. The van der Waals surface area contributed by atoms with E-state index in [0.717, 1.165) is 17.1 Å². The first-order valence-electron chi connectivity index (χ1n) is 21.4. The average molecular weight is 778 g/mol. The molecule has 0 saturated heterocycles. The Morgan fingerprint density at radius 1 is 0.328 bits per heavy atom. The van der Waals surface area contributed by atoms with Gasteiger partial charge in [0.05, 0.1) is 11.1 Å². The third-order valence-electron chi connectivity index (χ3n) is 13.7. The molecule has 0 aromatic heterocycles. The van der Waals surface area contributed by atoms with Crippen molar-refractivity contribution >= 4 is 38.6 Å². The van der Waals surface area contributed by atoms with Crippen molar-refractivity contribution in [1.82, 2.24) is 0 Å². The lowest BCUT2D eigenvalue weighted by Crippen LogP contribution is -2.28. The standard InChI is InChI=1S/C60H43N/c1-59(2)54-26-14-11-24-50(54)52-35-32-45(38-56(52)59)61(58-28-16-13-23-49(58)42-31-34-48-41(37-42)30-29-40-17-9-10-22-47(40)48)46-33-36-53-51-25-12-15-27-55(51)60(57(53)39-46,43-18-5-3-6-19-43)44-20-7-4-8-21-44/h3-39H,1-2H3. The van der Waals surface area contributed by atoms with E-state index in [0.29, 0.717) is 0 Å². The summed E-state index contributed by atoms with van der Waals surface area (Å²) >= 11 is 0. The summed E-state index contributed by atoms with van der Waals surface area (Å²) in [7, 11) is 0. The highest BCUT2D eigenvalue weighted by Crippen LogP contribution is 2.58. The number of hydrogen-bond donors (Lipinski definition) is 0. The van der Waals surface area contributed by atoms with E-state index >= 15 is 0 Å². The fourth-order valence-corrected chi connectivity index (χ4v) is 10.9. The molecule has 2 aliphatic rings. The summed E-state index contributed by atoms with van der Waals surface area (Å²) in [5.41, 5.74) is 18.2. The zero-order valence-electron chi connectivity index (χ0n) is 34.3. The fraction of sp³-hybridized carbons (Fsp3) is 0.0667. The SMILES string of the molecule is CC1(C)c2ccccc2-c2ccc(N(c3ccc4c(c3)C(c3ccccc3)(c3ccccc3)c3ccccc3-4)c3ccccc3-c3ccc4c(ccc5ccccc54)c3)cc21. The average Bonchev–Trinajstić information content (AvgIpc) is 3.74. The summed E-state index contributed by atoms with van der Waals surface area (Å²) in [6.07, 6.45) is 0. The van der Waals surface area contributed by atoms with Crippen molar-refractivity contribution in [1.29, 1.82) is 0 Å². The maximum Gasteiger partial charge on any atom is 0.0714 e. The van der Waals surface area contributed by atoms with Gasteiger partial charge in [-0.05, 0) is 119 Å². The smallest absolute Gasteiger partial charge is 0.0714 e. The van der Waals surface area contributed by atoms with Crippen LogP contribution in [0.25, 0.3) is 54.9 Å². The molecule has 0 amide bonds. The Kier molecular flexibility index (Phi) is 7.86. The third kappa shape index (κ3) is 5.20. The van der Waals surface area contributed by atoms with E-state index in [1.165, 1.54) is 88.3 Å². The highest BCUT2D eigenvalue weighted by Gasteiger charge is 2.46. The molecule has 1 nitrogen and oxygen atoms in total. The molecule has 0 radical (unpaired) electrons. The van der Waals surface area contributed by atoms with E-state index in [-0.39, 0.29) is 5.41 Å². The Hall–Kier alpha value is -7.48. The van der Waals surface area contributed by atoms with Crippen LogP contribution in [-0.4, -0.2) is 0 Å². The van der Waals surface area contributed by atoms with E-state index in [4.69, 9.17) is 0 Å². The number of nitrogens with zero attached hydrogens (tertiary/aromatic N) is 1. The largest absolute Gasteiger partial charge is 0.310 e. The molecule has 0 heterocycles. The summed E-state index contributed by atoms with van der Waals surface area (Å²) in [5.74, 6) is 0. The maximum absolute atomic E-state index is 2.52. The van der Waals surface area contributed by atoms with Crippen LogP contribution in [0.2, 0.25) is 0 Å². The Bertz CT molecular complexity index is 3300. The van der Waals surface area contributed by atoms with Gasteiger partial charge in [-0.1, -0.05) is 202 Å². The Balaban J connectivity index is 1.12. The molecule has 10 aromatic rings. The summed E-state index contributed by atoms with van der Waals surface area (Å²) in [6, 6.07) is 83.7. The number of hydrogen-bond acceptors (Lipinski definition) is 1. The van der Waals surface area contributed by atoms with Crippen molar-refractivity contribution in [2.75, 3.05) is 4.90 Å². The summed E-state index contributed by atoms with van der Waals surface area (Å²) in [5, 5.41) is 5.05. The highest BCUT2D eigenvalue weighted by atomic mass is 15.1. The topological polar surface area (TPSA) is 3.24 Å². The monoisotopic (exact) mass is 777 g/mol. The summed E-state index contributed by atoms with van der Waals surface area (Å²) < 4.78 is 0. The second-order valence-electron chi connectivity index (χ2n) is 17.2. The van der Waals surface area contributed by atoms with Crippen LogP contribution in [0.1, 0.15) is 47.2 Å². The van der Waals surface area contributed by atoms with Crippen LogP contribution in [0.4, 0.5) is 17.1 Å². The summed E-state index contributed by atoms with van der Waals surface area (Å²) in [6.45, 7) is 4.75. The lowest BCUT2D eigenvalue weighted by Gasteiger charge is -2.35. The Morgan fingerprint density at radius 3 is 1.56 bits per heavy atom. The molecule has 61 heavy (non-hydrogen) atoms. The molecular weight excluding hydrogens is 735 g/mol. The van der Waals surface area contributed by atoms with Gasteiger partial charge in [0.25, 0.3) is 0 Å². The van der Waals surface area contributed by atoms with Crippen molar-refractivity contribution in [3.63, 3.8) is 0 Å². The molecule has 0 saturated carbocycles. The molecule has 0 spiro atoms. The van der Waals surface area contributed by atoms with Crippen LogP contribution in [0.3, 0.4) is 0 Å².